The Hall–Kier alpha value is -2.84. The van der Waals surface area contributed by atoms with Crippen LogP contribution in [0.2, 0.25) is 0 Å². The molecule has 9 heteroatoms. The van der Waals surface area contributed by atoms with Gasteiger partial charge in [-0.15, -0.1) is 10.2 Å². The van der Waals surface area contributed by atoms with Crippen LogP contribution < -0.4 is 9.80 Å². The van der Waals surface area contributed by atoms with E-state index in [1.54, 1.807) is 0 Å². The number of rotatable bonds is 3. The zero-order valence-corrected chi connectivity index (χ0v) is 16.8. The third-order valence-corrected chi connectivity index (χ3v) is 5.89. The van der Waals surface area contributed by atoms with Crippen LogP contribution in [0.25, 0.3) is 0 Å². The second-order valence-corrected chi connectivity index (χ2v) is 7.79. The number of benzene rings is 1. The molecule has 1 unspecified atom stereocenters. The van der Waals surface area contributed by atoms with Crippen molar-refractivity contribution >= 4 is 17.5 Å². The molecule has 2 fully saturated rings. The number of piperidine rings is 1. The fraction of sp³-hybridized carbons (Fsp3) is 0.476. The topological polar surface area (TPSA) is 52.6 Å². The van der Waals surface area contributed by atoms with Crippen LogP contribution in [-0.4, -0.2) is 59.8 Å². The number of aromatic nitrogens is 2. The molecule has 0 aliphatic carbocycles. The number of hydrogen-bond acceptors (Lipinski definition) is 5. The van der Waals surface area contributed by atoms with Crippen LogP contribution in [-0.2, 0) is 0 Å². The zero-order valence-electron chi connectivity index (χ0n) is 16.8. The summed E-state index contributed by atoms with van der Waals surface area (Å²) in [7, 11) is 0. The molecule has 0 saturated carbocycles. The molecule has 2 aromatic rings. The summed E-state index contributed by atoms with van der Waals surface area (Å²) >= 11 is 0. The van der Waals surface area contributed by atoms with Crippen molar-refractivity contribution in [1.82, 2.24) is 15.1 Å². The van der Waals surface area contributed by atoms with Gasteiger partial charge in [0.25, 0.3) is 5.91 Å². The monoisotopic (exact) mass is 419 g/mol. The van der Waals surface area contributed by atoms with Gasteiger partial charge in [0.1, 0.15) is 0 Å². The van der Waals surface area contributed by atoms with E-state index in [9.17, 15) is 18.0 Å². The number of carbonyl (C=O) groups excluding carboxylic acids is 1. The van der Waals surface area contributed by atoms with Crippen molar-refractivity contribution in [3.05, 3.63) is 47.3 Å². The molecule has 1 aromatic carbocycles. The quantitative estimate of drug-likeness (QED) is 0.715. The van der Waals surface area contributed by atoms with Crippen molar-refractivity contribution in [1.29, 1.82) is 0 Å². The number of anilines is 2. The third-order valence-electron chi connectivity index (χ3n) is 5.89. The highest BCUT2D eigenvalue weighted by molar-refractivity contribution is 5.94. The Morgan fingerprint density at radius 1 is 0.900 bits per heavy atom. The summed E-state index contributed by atoms with van der Waals surface area (Å²) in [5.74, 6) is -3.45. The van der Waals surface area contributed by atoms with Crippen LogP contribution in [0.5, 0.6) is 0 Å². The van der Waals surface area contributed by atoms with Crippen LogP contribution in [0, 0.1) is 17.5 Å². The van der Waals surface area contributed by atoms with Crippen LogP contribution in [0.4, 0.5) is 24.8 Å². The number of hydrogen-bond donors (Lipinski definition) is 0. The van der Waals surface area contributed by atoms with Crippen molar-refractivity contribution in [3.63, 3.8) is 0 Å². The first kappa shape index (κ1) is 20.4. The van der Waals surface area contributed by atoms with E-state index in [1.807, 2.05) is 17.0 Å². The summed E-state index contributed by atoms with van der Waals surface area (Å²) in [6.07, 6.45) is 3.54. The number of nitrogens with zero attached hydrogens (tertiary/aromatic N) is 5. The van der Waals surface area contributed by atoms with Crippen molar-refractivity contribution in [2.45, 2.75) is 32.2 Å². The van der Waals surface area contributed by atoms with Gasteiger partial charge < -0.3 is 14.7 Å². The van der Waals surface area contributed by atoms with E-state index >= 15 is 0 Å². The van der Waals surface area contributed by atoms with Crippen LogP contribution in [0.15, 0.2) is 24.3 Å². The lowest BCUT2D eigenvalue weighted by molar-refractivity contribution is 0.0740. The van der Waals surface area contributed by atoms with Gasteiger partial charge in [0, 0.05) is 38.8 Å². The fourth-order valence-electron chi connectivity index (χ4n) is 4.08. The van der Waals surface area contributed by atoms with E-state index in [4.69, 9.17) is 0 Å². The molecule has 1 atom stereocenters. The summed E-state index contributed by atoms with van der Waals surface area (Å²) in [5, 5.41) is 8.74. The molecule has 6 nitrogen and oxygen atoms in total. The molecule has 2 aliphatic heterocycles. The van der Waals surface area contributed by atoms with E-state index in [0.29, 0.717) is 32.2 Å². The van der Waals surface area contributed by atoms with Gasteiger partial charge in [-0.2, -0.15) is 0 Å². The van der Waals surface area contributed by atoms with Gasteiger partial charge in [-0.05, 0) is 50.5 Å². The molecule has 0 radical (unpaired) electrons. The highest BCUT2D eigenvalue weighted by atomic mass is 19.2. The number of piperazine rings is 1. The van der Waals surface area contributed by atoms with Gasteiger partial charge in [0.05, 0.1) is 5.56 Å². The molecular weight excluding hydrogens is 395 g/mol. The summed E-state index contributed by atoms with van der Waals surface area (Å²) in [4.78, 5) is 18.2. The highest BCUT2D eigenvalue weighted by Gasteiger charge is 2.27. The predicted octanol–water partition coefficient (Wildman–Crippen LogP) is 3.24. The Bertz CT molecular complexity index is 916. The molecule has 0 bridgehead atoms. The van der Waals surface area contributed by atoms with Gasteiger partial charge >= 0.3 is 0 Å². The number of carbonyl (C=O) groups is 1. The second-order valence-electron chi connectivity index (χ2n) is 7.79. The van der Waals surface area contributed by atoms with Crippen LogP contribution >= 0.6 is 0 Å². The average Bonchev–Trinajstić information content (AvgIpc) is 2.78. The maximum Gasteiger partial charge on any atom is 0.257 e. The Morgan fingerprint density at radius 3 is 2.27 bits per heavy atom. The van der Waals surface area contributed by atoms with E-state index in [1.165, 1.54) is 11.3 Å². The van der Waals surface area contributed by atoms with Crippen molar-refractivity contribution < 1.29 is 18.0 Å². The molecule has 160 valence electrons. The molecule has 2 aliphatic rings. The lowest BCUT2D eigenvalue weighted by atomic mass is 10.0. The van der Waals surface area contributed by atoms with Crippen LogP contribution in [0.1, 0.15) is 36.5 Å². The first-order valence-corrected chi connectivity index (χ1v) is 10.2. The highest BCUT2D eigenvalue weighted by Crippen LogP contribution is 2.24. The fourth-order valence-corrected chi connectivity index (χ4v) is 4.08. The predicted molar refractivity (Wildman–Crippen MR) is 107 cm³/mol. The molecule has 4 rings (SSSR count). The molecule has 1 amide bonds. The van der Waals surface area contributed by atoms with Gasteiger partial charge in [-0.1, -0.05) is 0 Å². The minimum atomic E-state index is -1.63. The van der Waals surface area contributed by atoms with Crippen molar-refractivity contribution in [2.24, 2.45) is 0 Å². The summed E-state index contributed by atoms with van der Waals surface area (Å²) in [6.45, 7) is 4.81. The van der Waals surface area contributed by atoms with E-state index in [2.05, 4.69) is 22.0 Å². The largest absolute Gasteiger partial charge is 0.352 e. The maximum absolute atomic E-state index is 13.9. The number of amides is 1. The Labute approximate surface area is 173 Å². The van der Waals surface area contributed by atoms with Gasteiger partial charge in [0.2, 0.25) is 0 Å². The second kappa shape index (κ2) is 8.49. The molecule has 30 heavy (non-hydrogen) atoms. The van der Waals surface area contributed by atoms with E-state index < -0.39 is 28.9 Å². The minimum absolute atomic E-state index is 0.323. The first-order valence-electron chi connectivity index (χ1n) is 10.2. The molecule has 3 heterocycles. The molecule has 2 saturated heterocycles. The van der Waals surface area contributed by atoms with Crippen molar-refractivity contribution in [2.75, 3.05) is 42.5 Å². The van der Waals surface area contributed by atoms with Gasteiger partial charge in [0.15, 0.2) is 29.1 Å². The lowest BCUT2D eigenvalue weighted by Crippen LogP contribution is -2.49. The van der Waals surface area contributed by atoms with E-state index in [0.717, 1.165) is 43.2 Å². The summed E-state index contributed by atoms with van der Waals surface area (Å²) < 4.78 is 40.5. The smallest absolute Gasteiger partial charge is 0.257 e. The van der Waals surface area contributed by atoms with Gasteiger partial charge in [-0.3, -0.25) is 4.79 Å². The standard InChI is InChI=1S/C21H24F3N5O/c1-14-4-2-3-9-29(14)18-8-7-17(25-26-18)27-10-12-28(13-11-27)21(30)15-5-6-16(22)20(24)19(15)23/h5-8,14H,2-4,9-13H2,1H3. The minimum Gasteiger partial charge on any atom is -0.352 e. The molecule has 0 N–H and O–H groups in total. The number of halogens is 3. The first-order chi connectivity index (χ1) is 14.5. The average molecular weight is 419 g/mol. The third kappa shape index (κ3) is 3.93. The SMILES string of the molecule is CC1CCCCN1c1ccc(N2CCN(C(=O)c3ccc(F)c(F)c3F)CC2)nn1. The Morgan fingerprint density at radius 2 is 1.60 bits per heavy atom. The van der Waals surface area contributed by atoms with Crippen molar-refractivity contribution in [3.8, 4) is 0 Å². The molecule has 0 spiro atoms. The molecular formula is C21H24F3N5O. The normalized spacial score (nSPS) is 19.9. The zero-order chi connectivity index (χ0) is 21.3. The Balaban J connectivity index is 1.39. The summed E-state index contributed by atoms with van der Waals surface area (Å²) in [5.41, 5.74) is -0.456. The Kier molecular flexibility index (Phi) is 5.78. The van der Waals surface area contributed by atoms with E-state index in [-0.39, 0.29) is 0 Å². The molecule has 1 aromatic heterocycles. The lowest BCUT2D eigenvalue weighted by Gasteiger charge is -2.36. The summed E-state index contributed by atoms with van der Waals surface area (Å²) in [6, 6.07) is 6.09. The van der Waals surface area contributed by atoms with Gasteiger partial charge in [-0.25, -0.2) is 13.2 Å². The van der Waals surface area contributed by atoms with Crippen LogP contribution in [0.3, 0.4) is 0 Å². The maximum atomic E-state index is 13.9.